The summed E-state index contributed by atoms with van der Waals surface area (Å²) < 4.78 is 6.99. The summed E-state index contributed by atoms with van der Waals surface area (Å²) in [7, 11) is 0. The highest BCUT2D eigenvalue weighted by Crippen LogP contribution is 2.40. The second kappa shape index (κ2) is 4.75. The molecular formula is C15H13BrO2. The minimum absolute atomic E-state index is 0.0904. The lowest BCUT2D eigenvalue weighted by Gasteiger charge is -2.29. The van der Waals surface area contributed by atoms with E-state index in [9.17, 15) is 5.11 Å². The number of aliphatic hydroxyl groups is 1. The third-order valence-electron chi connectivity index (χ3n) is 3.21. The largest absolute Gasteiger partial charge is 0.485 e. The molecule has 0 amide bonds. The smallest absolute Gasteiger partial charge is 0.127 e. The van der Waals surface area contributed by atoms with E-state index in [2.05, 4.69) is 15.9 Å². The lowest BCUT2D eigenvalue weighted by molar-refractivity contribution is 0.0657. The molecule has 92 valence electrons. The van der Waals surface area contributed by atoms with E-state index in [0.717, 1.165) is 21.3 Å². The first-order valence-electron chi connectivity index (χ1n) is 5.93. The first kappa shape index (κ1) is 11.8. The Balaban J connectivity index is 1.94. The Labute approximate surface area is 114 Å². The van der Waals surface area contributed by atoms with Crippen LogP contribution in [0.1, 0.15) is 29.8 Å². The van der Waals surface area contributed by atoms with Gasteiger partial charge in [0.2, 0.25) is 0 Å². The van der Waals surface area contributed by atoms with E-state index >= 15 is 0 Å². The molecule has 1 aliphatic rings. The van der Waals surface area contributed by atoms with E-state index in [-0.39, 0.29) is 6.10 Å². The molecule has 0 saturated heterocycles. The van der Waals surface area contributed by atoms with E-state index in [1.165, 1.54) is 0 Å². The molecule has 2 nitrogen and oxygen atoms in total. The normalized spacial score (nSPS) is 22.1. The number of hydrogen-bond donors (Lipinski definition) is 1. The number of benzene rings is 2. The lowest BCUT2D eigenvalue weighted by atomic mass is 9.95. The maximum absolute atomic E-state index is 10.2. The predicted octanol–water partition coefficient (Wildman–Crippen LogP) is 4.01. The Hall–Kier alpha value is -1.32. The molecule has 2 aromatic rings. The van der Waals surface area contributed by atoms with Gasteiger partial charge in [-0.25, -0.2) is 0 Å². The maximum atomic E-state index is 10.2. The van der Waals surface area contributed by atoms with Gasteiger partial charge >= 0.3 is 0 Å². The van der Waals surface area contributed by atoms with Crippen molar-refractivity contribution in [3.05, 3.63) is 64.1 Å². The summed E-state index contributed by atoms with van der Waals surface area (Å²) in [5, 5.41) is 10.2. The fraction of sp³-hybridized carbons (Fsp3) is 0.200. The summed E-state index contributed by atoms with van der Waals surface area (Å²) in [4.78, 5) is 0. The fourth-order valence-corrected chi connectivity index (χ4v) is 2.72. The van der Waals surface area contributed by atoms with Gasteiger partial charge in [0.1, 0.15) is 11.9 Å². The molecule has 3 heteroatoms. The number of hydrogen-bond acceptors (Lipinski definition) is 2. The second-order valence-electron chi connectivity index (χ2n) is 4.45. The third-order valence-corrected chi connectivity index (χ3v) is 3.70. The second-order valence-corrected chi connectivity index (χ2v) is 5.37. The van der Waals surface area contributed by atoms with Gasteiger partial charge in [0, 0.05) is 16.5 Å². The van der Waals surface area contributed by atoms with Crippen molar-refractivity contribution in [3.63, 3.8) is 0 Å². The summed E-state index contributed by atoms with van der Waals surface area (Å²) >= 11 is 3.46. The van der Waals surface area contributed by atoms with Gasteiger partial charge in [0.05, 0.1) is 6.10 Å². The standard InChI is InChI=1S/C15H13BrO2/c16-11-5-3-4-10(8-11)15-9-13(17)12-6-1-2-7-14(12)18-15/h1-8,13,15,17H,9H2. The lowest BCUT2D eigenvalue weighted by Crippen LogP contribution is -2.18. The van der Waals surface area contributed by atoms with Gasteiger partial charge in [-0.05, 0) is 23.8 Å². The van der Waals surface area contributed by atoms with Gasteiger partial charge in [-0.1, -0.05) is 46.3 Å². The highest BCUT2D eigenvalue weighted by Gasteiger charge is 2.27. The minimum Gasteiger partial charge on any atom is -0.485 e. The summed E-state index contributed by atoms with van der Waals surface area (Å²) in [5.74, 6) is 0.779. The van der Waals surface area contributed by atoms with Crippen LogP contribution in [0, 0.1) is 0 Å². The fourth-order valence-electron chi connectivity index (χ4n) is 2.31. The van der Waals surface area contributed by atoms with E-state index < -0.39 is 6.10 Å². The van der Waals surface area contributed by atoms with Crippen molar-refractivity contribution >= 4 is 15.9 Å². The predicted molar refractivity (Wildman–Crippen MR) is 73.5 cm³/mol. The van der Waals surface area contributed by atoms with Crippen molar-refractivity contribution in [3.8, 4) is 5.75 Å². The Bertz CT molecular complexity index is 568. The van der Waals surface area contributed by atoms with Crippen LogP contribution in [0.25, 0.3) is 0 Å². The van der Waals surface area contributed by atoms with E-state index in [0.29, 0.717) is 6.42 Å². The molecule has 2 atom stereocenters. The topological polar surface area (TPSA) is 29.5 Å². The van der Waals surface area contributed by atoms with Crippen molar-refractivity contribution < 1.29 is 9.84 Å². The number of aliphatic hydroxyl groups excluding tert-OH is 1. The zero-order valence-corrected chi connectivity index (χ0v) is 11.3. The summed E-state index contributed by atoms with van der Waals surface area (Å²) in [6, 6.07) is 15.7. The van der Waals surface area contributed by atoms with Gasteiger partial charge in [-0.3, -0.25) is 0 Å². The third kappa shape index (κ3) is 2.16. The highest BCUT2D eigenvalue weighted by molar-refractivity contribution is 9.10. The first-order chi connectivity index (χ1) is 8.74. The molecule has 1 heterocycles. The van der Waals surface area contributed by atoms with E-state index in [1.807, 2.05) is 48.5 Å². The van der Waals surface area contributed by atoms with Crippen LogP contribution in [-0.2, 0) is 0 Å². The molecule has 0 fully saturated rings. The zero-order chi connectivity index (χ0) is 12.5. The number of rotatable bonds is 1. The molecule has 3 rings (SSSR count). The van der Waals surface area contributed by atoms with Crippen molar-refractivity contribution in [2.75, 3.05) is 0 Å². The zero-order valence-electron chi connectivity index (χ0n) is 9.71. The SMILES string of the molecule is OC1CC(c2cccc(Br)c2)Oc2ccccc21. The minimum atomic E-state index is -0.459. The van der Waals surface area contributed by atoms with Crippen LogP contribution in [0.15, 0.2) is 53.0 Å². The molecule has 0 saturated carbocycles. The van der Waals surface area contributed by atoms with Crippen LogP contribution in [0.4, 0.5) is 0 Å². The molecule has 18 heavy (non-hydrogen) atoms. The van der Waals surface area contributed by atoms with Gasteiger partial charge in [0.25, 0.3) is 0 Å². The Morgan fingerprint density at radius 2 is 1.94 bits per heavy atom. The summed E-state index contributed by atoms with van der Waals surface area (Å²) in [6.07, 6.45) is 0.0410. The molecule has 2 unspecified atom stereocenters. The molecule has 0 spiro atoms. The van der Waals surface area contributed by atoms with Gasteiger partial charge in [-0.2, -0.15) is 0 Å². The first-order valence-corrected chi connectivity index (χ1v) is 6.72. The Morgan fingerprint density at radius 3 is 2.78 bits per heavy atom. The molecule has 0 bridgehead atoms. The van der Waals surface area contributed by atoms with E-state index in [1.54, 1.807) is 0 Å². The van der Waals surface area contributed by atoms with Gasteiger partial charge < -0.3 is 9.84 Å². The quantitative estimate of drug-likeness (QED) is 0.862. The summed E-state index contributed by atoms with van der Waals surface area (Å²) in [5.41, 5.74) is 1.96. The number of fused-ring (bicyclic) bond motifs is 1. The highest BCUT2D eigenvalue weighted by atomic mass is 79.9. The van der Waals surface area contributed by atoms with Crippen LogP contribution in [-0.4, -0.2) is 5.11 Å². The van der Waals surface area contributed by atoms with Crippen LogP contribution >= 0.6 is 15.9 Å². The van der Waals surface area contributed by atoms with Crippen molar-refractivity contribution in [2.24, 2.45) is 0 Å². The number of ether oxygens (including phenoxy) is 1. The Morgan fingerprint density at radius 1 is 1.11 bits per heavy atom. The molecule has 0 aliphatic carbocycles. The van der Waals surface area contributed by atoms with Crippen molar-refractivity contribution in [2.45, 2.75) is 18.6 Å². The van der Waals surface area contributed by atoms with Crippen molar-refractivity contribution in [1.29, 1.82) is 0 Å². The van der Waals surface area contributed by atoms with Gasteiger partial charge in [-0.15, -0.1) is 0 Å². The van der Waals surface area contributed by atoms with Crippen LogP contribution in [0.2, 0.25) is 0 Å². The van der Waals surface area contributed by atoms with Crippen LogP contribution in [0.3, 0.4) is 0 Å². The molecule has 0 aromatic heterocycles. The number of halogens is 1. The number of para-hydroxylation sites is 1. The Kier molecular flexibility index (Phi) is 3.10. The molecule has 0 radical (unpaired) electrons. The molecule has 2 aromatic carbocycles. The van der Waals surface area contributed by atoms with Crippen molar-refractivity contribution in [1.82, 2.24) is 0 Å². The van der Waals surface area contributed by atoms with E-state index in [4.69, 9.17) is 4.74 Å². The average Bonchev–Trinajstić information content (AvgIpc) is 2.39. The molecule has 1 N–H and O–H groups in total. The average molecular weight is 305 g/mol. The summed E-state index contributed by atoms with van der Waals surface area (Å²) in [6.45, 7) is 0. The molecule has 1 aliphatic heterocycles. The van der Waals surface area contributed by atoms with Crippen LogP contribution in [0.5, 0.6) is 5.75 Å². The van der Waals surface area contributed by atoms with Crippen LogP contribution < -0.4 is 4.74 Å². The monoisotopic (exact) mass is 304 g/mol. The molecular weight excluding hydrogens is 292 g/mol. The van der Waals surface area contributed by atoms with Gasteiger partial charge in [0.15, 0.2) is 0 Å². The maximum Gasteiger partial charge on any atom is 0.127 e.